The maximum atomic E-state index is 12.3. The van der Waals surface area contributed by atoms with E-state index in [-0.39, 0.29) is 5.97 Å². The van der Waals surface area contributed by atoms with Crippen molar-refractivity contribution in [2.24, 2.45) is 0 Å². The lowest BCUT2D eigenvalue weighted by molar-refractivity contribution is -0.151. The van der Waals surface area contributed by atoms with Crippen molar-refractivity contribution < 1.29 is 14.3 Å². The number of nitrogens with zero attached hydrogens (tertiary/aromatic N) is 1. The maximum absolute atomic E-state index is 12.3. The lowest BCUT2D eigenvalue weighted by Crippen LogP contribution is -2.50. The average molecular weight is 298 g/mol. The van der Waals surface area contributed by atoms with Crippen LogP contribution in [0.1, 0.15) is 17.9 Å². The van der Waals surface area contributed by atoms with E-state index in [1.54, 1.807) is 6.92 Å². The van der Waals surface area contributed by atoms with Crippen molar-refractivity contribution in [3.63, 3.8) is 0 Å². The van der Waals surface area contributed by atoms with E-state index in [1.807, 2.05) is 35.2 Å². The van der Waals surface area contributed by atoms with Crippen LogP contribution in [-0.2, 0) is 14.3 Å². The third-order valence-corrected chi connectivity index (χ3v) is 3.85. The van der Waals surface area contributed by atoms with Crippen LogP contribution in [0.25, 0.3) is 0 Å². The molecule has 1 aliphatic rings. The number of halogens is 1. The summed E-state index contributed by atoms with van der Waals surface area (Å²) in [4.78, 5) is 14.3. The van der Waals surface area contributed by atoms with Crippen LogP contribution in [0.5, 0.6) is 0 Å². The van der Waals surface area contributed by atoms with Gasteiger partial charge in [0, 0.05) is 13.1 Å². The molecule has 0 saturated carbocycles. The van der Waals surface area contributed by atoms with E-state index in [2.05, 4.69) is 0 Å². The number of alkyl halides is 1. The van der Waals surface area contributed by atoms with Crippen molar-refractivity contribution in [3.05, 3.63) is 35.9 Å². The third kappa shape index (κ3) is 3.72. The Hall–Kier alpha value is -1.10. The highest BCUT2D eigenvalue weighted by molar-refractivity contribution is 6.22. The Kier molecular flexibility index (Phi) is 5.83. The van der Waals surface area contributed by atoms with Crippen molar-refractivity contribution in [2.45, 2.75) is 18.3 Å². The molecule has 1 heterocycles. The van der Waals surface area contributed by atoms with Crippen molar-refractivity contribution >= 4 is 17.6 Å². The molecule has 2 rings (SSSR count). The smallest absolute Gasteiger partial charge is 0.325 e. The molecule has 20 heavy (non-hydrogen) atoms. The van der Waals surface area contributed by atoms with Crippen molar-refractivity contribution in [3.8, 4) is 0 Å². The molecule has 5 heteroatoms. The summed E-state index contributed by atoms with van der Waals surface area (Å²) in [5, 5.41) is -0.423. The van der Waals surface area contributed by atoms with Gasteiger partial charge in [0.15, 0.2) is 0 Å². The Morgan fingerprint density at radius 3 is 2.60 bits per heavy atom. The number of benzene rings is 1. The second-order valence-electron chi connectivity index (χ2n) is 4.66. The van der Waals surface area contributed by atoms with Crippen LogP contribution >= 0.6 is 11.6 Å². The van der Waals surface area contributed by atoms with E-state index in [9.17, 15) is 4.79 Å². The van der Waals surface area contributed by atoms with E-state index < -0.39 is 11.4 Å². The standard InChI is InChI=1S/C15H20ClNO3/c1-2-20-15(18)14(17-8-10-19-11-9-17)13(16)12-6-4-3-5-7-12/h3-7,13-14H,2,8-11H2,1H3/t13-,14-/m0/s1. The van der Waals surface area contributed by atoms with Gasteiger partial charge in [0.2, 0.25) is 0 Å². The first-order valence-corrected chi connectivity index (χ1v) is 7.35. The minimum atomic E-state index is -0.470. The fraction of sp³-hybridized carbons (Fsp3) is 0.533. The average Bonchev–Trinajstić information content (AvgIpc) is 2.50. The van der Waals surface area contributed by atoms with Gasteiger partial charge in [-0.3, -0.25) is 9.69 Å². The van der Waals surface area contributed by atoms with Crippen molar-refractivity contribution in [1.82, 2.24) is 4.90 Å². The highest BCUT2D eigenvalue weighted by Gasteiger charge is 2.35. The molecule has 1 saturated heterocycles. The van der Waals surface area contributed by atoms with Gasteiger partial charge in [-0.05, 0) is 12.5 Å². The van der Waals surface area contributed by atoms with Crippen LogP contribution in [-0.4, -0.2) is 49.8 Å². The fourth-order valence-corrected chi connectivity index (χ4v) is 2.76. The summed E-state index contributed by atoms with van der Waals surface area (Å²) in [6.45, 7) is 4.79. The van der Waals surface area contributed by atoms with Gasteiger partial charge in [0.05, 0.1) is 25.2 Å². The first-order chi connectivity index (χ1) is 9.74. The van der Waals surface area contributed by atoms with Gasteiger partial charge in [-0.1, -0.05) is 30.3 Å². The van der Waals surface area contributed by atoms with E-state index in [4.69, 9.17) is 21.1 Å². The molecule has 0 aromatic heterocycles. The zero-order valence-electron chi connectivity index (χ0n) is 11.6. The summed E-state index contributed by atoms with van der Waals surface area (Å²) >= 11 is 6.55. The highest BCUT2D eigenvalue weighted by atomic mass is 35.5. The predicted molar refractivity (Wildman–Crippen MR) is 77.8 cm³/mol. The Labute approximate surface area is 124 Å². The second kappa shape index (κ2) is 7.62. The Balaban J connectivity index is 2.18. The fourth-order valence-electron chi connectivity index (χ4n) is 2.36. The molecule has 1 aromatic rings. The summed E-state index contributed by atoms with van der Waals surface area (Å²) in [7, 11) is 0. The minimum Gasteiger partial charge on any atom is -0.465 e. The zero-order valence-corrected chi connectivity index (χ0v) is 12.4. The molecule has 0 bridgehead atoms. The molecule has 1 aliphatic heterocycles. The second-order valence-corrected chi connectivity index (χ2v) is 5.13. The van der Waals surface area contributed by atoms with Crippen LogP contribution in [0.2, 0.25) is 0 Å². The monoisotopic (exact) mass is 297 g/mol. The molecule has 0 N–H and O–H groups in total. The van der Waals surface area contributed by atoms with Crippen LogP contribution in [0.4, 0.5) is 0 Å². The molecular formula is C15H20ClNO3. The molecule has 1 aromatic carbocycles. The van der Waals surface area contributed by atoms with Crippen LogP contribution in [0.3, 0.4) is 0 Å². The van der Waals surface area contributed by atoms with Gasteiger partial charge < -0.3 is 9.47 Å². The molecule has 2 atom stereocenters. The quantitative estimate of drug-likeness (QED) is 0.617. The molecule has 0 spiro atoms. The van der Waals surface area contributed by atoms with Crippen LogP contribution < -0.4 is 0 Å². The summed E-state index contributed by atoms with van der Waals surface area (Å²) in [5.41, 5.74) is 0.929. The van der Waals surface area contributed by atoms with Gasteiger partial charge in [-0.25, -0.2) is 0 Å². The van der Waals surface area contributed by atoms with E-state index in [0.717, 1.165) is 5.56 Å². The first-order valence-electron chi connectivity index (χ1n) is 6.91. The number of rotatable bonds is 5. The lowest BCUT2D eigenvalue weighted by Gasteiger charge is -2.35. The van der Waals surface area contributed by atoms with Gasteiger partial charge in [0.1, 0.15) is 6.04 Å². The summed E-state index contributed by atoms with van der Waals surface area (Å²) in [5.74, 6) is -0.266. The van der Waals surface area contributed by atoms with Gasteiger partial charge in [0.25, 0.3) is 0 Å². The van der Waals surface area contributed by atoms with Crippen LogP contribution in [0, 0.1) is 0 Å². The molecule has 0 amide bonds. The molecule has 0 aliphatic carbocycles. The molecule has 1 fully saturated rings. The van der Waals surface area contributed by atoms with E-state index in [0.29, 0.717) is 32.9 Å². The molecule has 0 radical (unpaired) electrons. The zero-order chi connectivity index (χ0) is 14.4. The largest absolute Gasteiger partial charge is 0.465 e. The van der Waals surface area contributed by atoms with Gasteiger partial charge in [-0.2, -0.15) is 0 Å². The SMILES string of the molecule is CCOC(=O)[C@H]([C@@H](Cl)c1ccccc1)N1CCOCC1. The first kappa shape index (κ1) is 15.3. The number of esters is 1. The summed E-state index contributed by atoms with van der Waals surface area (Å²) < 4.78 is 10.5. The van der Waals surface area contributed by atoms with Crippen molar-refractivity contribution in [1.29, 1.82) is 0 Å². The third-order valence-electron chi connectivity index (χ3n) is 3.36. The minimum absolute atomic E-state index is 0.266. The van der Waals surface area contributed by atoms with Gasteiger partial charge in [-0.15, -0.1) is 11.6 Å². The Bertz CT molecular complexity index is 420. The Morgan fingerprint density at radius 2 is 2.00 bits per heavy atom. The lowest BCUT2D eigenvalue weighted by atomic mass is 10.0. The molecule has 110 valence electrons. The topological polar surface area (TPSA) is 38.8 Å². The van der Waals surface area contributed by atoms with Crippen LogP contribution in [0.15, 0.2) is 30.3 Å². The molecule has 4 nitrogen and oxygen atoms in total. The number of ether oxygens (including phenoxy) is 2. The van der Waals surface area contributed by atoms with Crippen molar-refractivity contribution in [2.75, 3.05) is 32.9 Å². The number of hydrogen-bond donors (Lipinski definition) is 0. The molecule has 0 unspecified atom stereocenters. The highest BCUT2D eigenvalue weighted by Crippen LogP contribution is 2.29. The van der Waals surface area contributed by atoms with E-state index in [1.165, 1.54) is 0 Å². The number of carbonyl (C=O) groups is 1. The normalized spacial score (nSPS) is 19.3. The predicted octanol–water partition coefficient (Wildman–Crippen LogP) is 2.23. The summed E-state index contributed by atoms with van der Waals surface area (Å²) in [6.07, 6.45) is 0. The number of hydrogen-bond acceptors (Lipinski definition) is 4. The summed E-state index contributed by atoms with van der Waals surface area (Å²) in [6, 6.07) is 9.18. The van der Waals surface area contributed by atoms with Gasteiger partial charge >= 0.3 is 5.97 Å². The number of carbonyl (C=O) groups excluding carboxylic acids is 1. The Morgan fingerprint density at radius 1 is 1.35 bits per heavy atom. The molecular weight excluding hydrogens is 278 g/mol. The van der Waals surface area contributed by atoms with E-state index >= 15 is 0 Å². The maximum Gasteiger partial charge on any atom is 0.325 e. The number of morpholine rings is 1.